The molecule has 0 saturated heterocycles. The lowest BCUT2D eigenvalue weighted by Crippen LogP contribution is -2.12. The number of halogens is 1. The molecule has 8 heteroatoms. The summed E-state index contributed by atoms with van der Waals surface area (Å²) < 4.78 is 29.8. The molecule has 0 aliphatic rings. The van der Waals surface area contributed by atoms with Gasteiger partial charge in [0.1, 0.15) is 5.82 Å². The number of nitrogens with two attached hydrogens (primary N) is 1. The third-order valence-corrected chi connectivity index (χ3v) is 4.62. The highest BCUT2D eigenvalue weighted by Gasteiger charge is 2.13. The van der Waals surface area contributed by atoms with Gasteiger partial charge in [0.2, 0.25) is 15.9 Å². The lowest BCUT2D eigenvalue weighted by atomic mass is 10.2. The maximum absolute atomic E-state index is 11.4. The van der Waals surface area contributed by atoms with Crippen LogP contribution < -0.4 is 9.88 Å². The molecule has 0 aliphatic carbocycles. The number of aromatic nitrogens is 2. The maximum atomic E-state index is 11.4. The molecule has 3 aromatic rings. The minimum Gasteiger partial charge on any atom is -0.480 e. The van der Waals surface area contributed by atoms with Crippen LogP contribution in [0.25, 0.3) is 17.1 Å². The van der Waals surface area contributed by atoms with E-state index in [2.05, 4.69) is 4.98 Å². The summed E-state index contributed by atoms with van der Waals surface area (Å²) in [5.41, 5.74) is 1.57. The fraction of sp³-hybridized carbons (Fsp3) is 0.0625. The molecule has 2 N–H and O–H groups in total. The Kier molecular flexibility index (Phi) is 4.31. The first-order valence-electron chi connectivity index (χ1n) is 6.91. The van der Waals surface area contributed by atoms with Crippen LogP contribution >= 0.6 is 11.6 Å². The Labute approximate surface area is 144 Å². The molecule has 124 valence electrons. The molecule has 0 fully saturated rings. The van der Waals surface area contributed by atoms with Crippen molar-refractivity contribution in [1.29, 1.82) is 0 Å². The molecule has 0 radical (unpaired) electrons. The number of hydrogen-bond donors (Lipinski definition) is 1. The fourth-order valence-electron chi connectivity index (χ4n) is 2.25. The van der Waals surface area contributed by atoms with Gasteiger partial charge in [-0.2, -0.15) is 4.98 Å². The molecular weight excluding hydrogens is 350 g/mol. The summed E-state index contributed by atoms with van der Waals surface area (Å²) >= 11 is 5.93. The van der Waals surface area contributed by atoms with E-state index in [4.69, 9.17) is 21.5 Å². The Morgan fingerprint density at radius 2 is 1.71 bits per heavy atom. The summed E-state index contributed by atoms with van der Waals surface area (Å²) in [4.78, 5) is 4.48. The van der Waals surface area contributed by atoms with E-state index >= 15 is 0 Å². The standard InChI is InChI=1S/C16H14ClN3O3S/c1-23-15-10-20(13-6-8-14(9-7-13)24(18,21)22)16(19-15)11-2-4-12(17)5-3-11/h2-10H,1H3,(H2,18,21,22). The summed E-state index contributed by atoms with van der Waals surface area (Å²) in [6.07, 6.45) is 1.72. The molecule has 0 bridgehead atoms. The monoisotopic (exact) mass is 363 g/mol. The Morgan fingerprint density at radius 1 is 1.08 bits per heavy atom. The van der Waals surface area contributed by atoms with Crippen molar-refractivity contribution in [2.45, 2.75) is 4.90 Å². The summed E-state index contributed by atoms with van der Waals surface area (Å²) in [5, 5.41) is 5.75. The van der Waals surface area contributed by atoms with E-state index in [-0.39, 0.29) is 4.90 Å². The Morgan fingerprint density at radius 3 is 2.25 bits per heavy atom. The van der Waals surface area contributed by atoms with E-state index in [0.29, 0.717) is 16.7 Å². The van der Waals surface area contributed by atoms with Crippen molar-refractivity contribution in [2.24, 2.45) is 5.14 Å². The zero-order valence-electron chi connectivity index (χ0n) is 12.7. The first kappa shape index (κ1) is 16.5. The van der Waals surface area contributed by atoms with Crippen LogP contribution in [0.15, 0.2) is 59.6 Å². The number of nitrogens with zero attached hydrogens (tertiary/aromatic N) is 2. The Balaban J connectivity index is 2.10. The molecule has 6 nitrogen and oxygen atoms in total. The van der Waals surface area contributed by atoms with Crippen molar-refractivity contribution in [3.05, 3.63) is 59.8 Å². The predicted molar refractivity (Wildman–Crippen MR) is 91.9 cm³/mol. The first-order chi connectivity index (χ1) is 11.4. The highest BCUT2D eigenvalue weighted by molar-refractivity contribution is 7.89. The first-order valence-corrected chi connectivity index (χ1v) is 8.83. The van der Waals surface area contributed by atoms with E-state index in [1.54, 1.807) is 35.0 Å². The van der Waals surface area contributed by atoms with Crippen LogP contribution in [-0.4, -0.2) is 25.1 Å². The Bertz CT molecular complexity index is 965. The lowest BCUT2D eigenvalue weighted by molar-refractivity contribution is 0.400. The van der Waals surface area contributed by atoms with Gasteiger partial charge in [0.05, 0.1) is 18.2 Å². The molecule has 0 saturated carbocycles. The van der Waals surface area contributed by atoms with Crippen LogP contribution in [-0.2, 0) is 10.0 Å². The van der Waals surface area contributed by atoms with Gasteiger partial charge in [-0.1, -0.05) is 11.6 Å². The van der Waals surface area contributed by atoms with E-state index < -0.39 is 10.0 Å². The molecular formula is C16H14ClN3O3S. The van der Waals surface area contributed by atoms with E-state index in [1.807, 2.05) is 12.1 Å². The summed E-state index contributed by atoms with van der Waals surface area (Å²) in [7, 11) is -2.20. The zero-order valence-corrected chi connectivity index (χ0v) is 14.3. The number of primary sulfonamides is 1. The van der Waals surface area contributed by atoms with Crippen molar-refractivity contribution in [2.75, 3.05) is 7.11 Å². The van der Waals surface area contributed by atoms with Crippen molar-refractivity contribution >= 4 is 21.6 Å². The molecule has 3 rings (SSSR count). The van der Waals surface area contributed by atoms with Gasteiger partial charge < -0.3 is 4.74 Å². The summed E-state index contributed by atoms with van der Waals surface area (Å²) in [5.74, 6) is 1.09. The molecule has 0 amide bonds. The molecule has 24 heavy (non-hydrogen) atoms. The zero-order chi connectivity index (χ0) is 17.3. The van der Waals surface area contributed by atoms with Gasteiger partial charge >= 0.3 is 0 Å². The smallest absolute Gasteiger partial charge is 0.238 e. The van der Waals surface area contributed by atoms with Crippen molar-refractivity contribution in [3.63, 3.8) is 0 Å². The fourth-order valence-corrected chi connectivity index (χ4v) is 2.89. The highest BCUT2D eigenvalue weighted by Crippen LogP contribution is 2.27. The number of imidazole rings is 1. The number of rotatable bonds is 4. The van der Waals surface area contributed by atoms with Crippen molar-refractivity contribution < 1.29 is 13.2 Å². The second-order valence-electron chi connectivity index (χ2n) is 5.02. The third kappa shape index (κ3) is 3.28. The highest BCUT2D eigenvalue weighted by atomic mass is 35.5. The van der Waals surface area contributed by atoms with Crippen LogP contribution in [0.5, 0.6) is 5.88 Å². The molecule has 1 heterocycles. The summed E-state index contributed by atoms with van der Waals surface area (Å²) in [6, 6.07) is 13.4. The topological polar surface area (TPSA) is 87.2 Å². The number of sulfonamides is 1. The van der Waals surface area contributed by atoms with Gasteiger partial charge in [0.25, 0.3) is 0 Å². The molecule has 2 aromatic carbocycles. The van der Waals surface area contributed by atoms with Crippen LogP contribution in [0.4, 0.5) is 0 Å². The average Bonchev–Trinajstić information content (AvgIpc) is 2.99. The maximum Gasteiger partial charge on any atom is 0.238 e. The molecule has 0 atom stereocenters. The van der Waals surface area contributed by atoms with Crippen molar-refractivity contribution in [3.8, 4) is 23.0 Å². The third-order valence-electron chi connectivity index (χ3n) is 3.44. The SMILES string of the molecule is COc1cn(-c2ccc(S(N)(=O)=O)cc2)c(-c2ccc(Cl)cc2)n1. The van der Waals surface area contributed by atoms with Gasteiger partial charge in [-0.3, -0.25) is 4.57 Å². The largest absolute Gasteiger partial charge is 0.480 e. The van der Waals surface area contributed by atoms with E-state index in [1.165, 1.54) is 19.2 Å². The number of hydrogen-bond acceptors (Lipinski definition) is 4. The molecule has 0 unspecified atom stereocenters. The van der Waals surface area contributed by atoms with Crippen LogP contribution in [0.2, 0.25) is 5.02 Å². The van der Waals surface area contributed by atoms with Gasteiger partial charge in [-0.25, -0.2) is 13.6 Å². The van der Waals surface area contributed by atoms with E-state index in [9.17, 15) is 8.42 Å². The van der Waals surface area contributed by atoms with E-state index in [0.717, 1.165) is 11.3 Å². The van der Waals surface area contributed by atoms with Gasteiger partial charge in [-0.05, 0) is 48.5 Å². The lowest BCUT2D eigenvalue weighted by Gasteiger charge is -2.08. The molecule has 0 aliphatic heterocycles. The van der Waals surface area contributed by atoms with Crippen LogP contribution in [0.1, 0.15) is 0 Å². The number of ether oxygens (including phenoxy) is 1. The average molecular weight is 364 g/mol. The quantitative estimate of drug-likeness (QED) is 0.772. The van der Waals surface area contributed by atoms with Crippen LogP contribution in [0, 0.1) is 0 Å². The second-order valence-corrected chi connectivity index (χ2v) is 7.02. The number of methoxy groups -OCH3 is 1. The normalized spacial score (nSPS) is 11.5. The van der Waals surface area contributed by atoms with Crippen molar-refractivity contribution in [1.82, 2.24) is 9.55 Å². The Hall–Kier alpha value is -2.35. The van der Waals surface area contributed by atoms with Crippen LogP contribution in [0.3, 0.4) is 0 Å². The second kappa shape index (κ2) is 6.27. The van der Waals surface area contributed by atoms with Gasteiger partial charge in [0.15, 0.2) is 0 Å². The molecule has 1 aromatic heterocycles. The minimum absolute atomic E-state index is 0.0476. The van der Waals surface area contributed by atoms with Gasteiger partial charge in [-0.15, -0.1) is 0 Å². The summed E-state index contributed by atoms with van der Waals surface area (Å²) in [6.45, 7) is 0. The minimum atomic E-state index is -3.73. The molecule has 0 spiro atoms. The number of benzene rings is 2. The van der Waals surface area contributed by atoms with Gasteiger partial charge in [0, 0.05) is 16.3 Å². The predicted octanol–water partition coefficient (Wildman–Crippen LogP) is 2.85.